The number of fused-ring (bicyclic) bond motifs is 1. The van der Waals surface area contributed by atoms with Gasteiger partial charge >= 0.3 is 0 Å². The van der Waals surface area contributed by atoms with Gasteiger partial charge in [0.1, 0.15) is 5.51 Å². The van der Waals surface area contributed by atoms with E-state index in [1.54, 1.807) is 34.4 Å². The maximum atomic E-state index is 10.9. The van der Waals surface area contributed by atoms with Gasteiger partial charge in [-0.3, -0.25) is 10.1 Å². The molecule has 3 aromatic rings. The number of nitrogens with zero attached hydrogens (tertiary/aromatic N) is 4. The largest absolute Gasteiger partial charge is 0.278 e. The molecule has 84 valence electrons. The normalized spacial score (nSPS) is 10.8. The number of aromatic nitrogens is 3. The van der Waals surface area contributed by atoms with Crippen molar-refractivity contribution < 1.29 is 4.92 Å². The monoisotopic (exact) mass is 246 g/mol. The van der Waals surface area contributed by atoms with Crippen LogP contribution < -0.4 is 0 Å². The Morgan fingerprint density at radius 1 is 1.35 bits per heavy atom. The number of nitro benzene ring substituents is 1. The molecule has 17 heavy (non-hydrogen) atoms. The molecule has 0 atom stereocenters. The highest BCUT2D eigenvalue weighted by Crippen LogP contribution is 2.29. The molecule has 1 aromatic carbocycles. The van der Waals surface area contributed by atoms with E-state index in [4.69, 9.17) is 0 Å². The van der Waals surface area contributed by atoms with Gasteiger partial charge in [0.2, 0.25) is 4.96 Å². The summed E-state index contributed by atoms with van der Waals surface area (Å²) in [7, 11) is 0. The second kappa shape index (κ2) is 3.63. The number of benzene rings is 1. The first kappa shape index (κ1) is 9.91. The molecular weight excluding hydrogens is 240 g/mol. The lowest BCUT2D eigenvalue weighted by atomic mass is 10.1. The summed E-state index contributed by atoms with van der Waals surface area (Å²) in [5, 5.41) is 14.9. The Bertz CT molecular complexity index is 674. The van der Waals surface area contributed by atoms with Gasteiger partial charge in [-0.25, -0.2) is 9.50 Å². The molecule has 6 nitrogen and oxygen atoms in total. The highest BCUT2D eigenvalue weighted by molar-refractivity contribution is 7.14. The van der Waals surface area contributed by atoms with Crippen LogP contribution in [0.25, 0.3) is 16.2 Å². The topological polar surface area (TPSA) is 73.3 Å². The van der Waals surface area contributed by atoms with E-state index in [9.17, 15) is 10.1 Å². The van der Waals surface area contributed by atoms with E-state index < -0.39 is 4.92 Å². The lowest BCUT2D eigenvalue weighted by Crippen LogP contribution is -1.91. The summed E-state index contributed by atoms with van der Waals surface area (Å²) in [4.78, 5) is 15.5. The third-order valence-corrected chi connectivity index (χ3v) is 3.05. The minimum absolute atomic E-state index is 0.0539. The van der Waals surface area contributed by atoms with Crippen LogP contribution in [-0.2, 0) is 0 Å². The van der Waals surface area contributed by atoms with Gasteiger partial charge in [0, 0.05) is 6.07 Å². The van der Waals surface area contributed by atoms with Crippen molar-refractivity contribution in [3.63, 3.8) is 0 Å². The molecule has 0 amide bonds. The number of nitro groups is 1. The van der Waals surface area contributed by atoms with Crippen molar-refractivity contribution in [2.24, 2.45) is 0 Å². The average molecular weight is 246 g/mol. The lowest BCUT2D eigenvalue weighted by Gasteiger charge is -1.97. The van der Waals surface area contributed by atoms with Gasteiger partial charge in [-0.05, 0) is 6.07 Å². The molecule has 0 aliphatic carbocycles. The van der Waals surface area contributed by atoms with Crippen molar-refractivity contribution in [2.45, 2.75) is 0 Å². The van der Waals surface area contributed by atoms with Gasteiger partial charge in [-0.2, -0.15) is 5.10 Å². The van der Waals surface area contributed by atoms with Crippen molar-refractivity contribution in [1.82, 2.24) is 14.6 Å². The van der Waals surface area contributed by atoms with Crippen molar-refractivity contribution >= 4 is 22.0 Å². The molecule has 0 aliphatic heterocycles. The molecule has 7 heteroatoms. The van der Waals surface area contributed by atoms with Crippen LogP contribution in [-0.4, -0.2) is 19.5 Å². The highest BCUT2D eigenvalue weighted by atomic mass is 32.1. The first-order valence-corrected chi connectivity index (χ1v) is 5.66. The van der Waals surface area contributed by atoms with Gasteiger partial charge in [-0.15, -0.1) is 0 Å². The summed E-state index contributed by atoms with van der Waals surface area (Å²) in [6, 6.07) is 6.54. The molecule has 0 unspecified atom stereocenters. The van der Waals surface area contributed by atoms with E-state index in [0.717, 1.165) is 4.96 Å². The van der Waals surface area contributed by atoms with Crippen LogP contribution >= 0.6 is 11.3 Å². The molecular formula is C10H6N4O2S. The second-order valence-electron chi connectivity index (χ2n) is 3.37. The van der Waals surface area contributed by atoms with E-state index >= 15 is 0 Å². The molecule has 0 radical (unpaired) electrons. The molecule has 3 rings (SSSR count). The van der Waals surface area contributed by atoms with Gasteiger partial charge < -0.3 is 0 Å². The molecule has 0 fully saturated rings. The van der Waals surface area contributed by atoms with Crippen LogP contribution in [0.15, 0.2) is 36.0 Å². The summed E-state index contributed by atoms with van der Waals surface area (Å²) >= 11 is 1.39. The van der Waals surface area contributed by atoms with Crippen molar-refractivity contribution in [2.75, 3.05) is 0 Å². The van der Waals surface area contributed by atoms with E-state index in [0.29, 0.717) is 11.3 Å². The Labute approximate surface area is 99.3 Å². The first-order valence-electron chi connectivity index (χ1n) is 4.78. The standard InChI is InChI=1S/C10H6N4O2S/c15-14(16)9-4-2-1-3-7(9)8-5-13-10(12-8)17-6-11-13/h1-6H. The van der Waals surface area contributed by atoms with Crippen LogP contribution in [0.1, 0.15) is 0 Å². The number of rotatable bonds is 2. The second-order valence-corrected chi connectivity index (χ2v) is 4.18. The van der Waals surface area contributed by atoms with Gasteiger partial charge in [-0.1, -0.05) is 23.5 Å². The number of hydrogen-bond acceptors (Lipinski definition) is 5. The van der Waals surface area contributed by atoms with E-state index in [2.05, 4.69) is 10.1 Å². The number of para-hydroxylation sites is 1. The number of imidazole rings is 1. The quantitative estimate of drug-likeness (QED) is 0.514. The SMILES string of the molecule is O=[N+]([O-])c1ccccc1-c1cn2ncsc2n1. The molecule has 2 aromatic heterocycles. The van der Waals surface area contributed by atoms with Crippen LogP contribution in [0, 0.1) is 10.1 Å². The van der Waals surface area contributed by atoms with E-state index in [-0.39, 0.29) is 5.69 Å². The van der Waals surface area contributed by atoms with E-state index in [1.807, 2.05) is 0 Å². The Kier molecular flexibility index (Phi) is 2.12. The maximum Gasteiger partial charge on any atom is 0.278 e. The van der Waals surface area contributed by atoms with Crippen molar-refractivity contribution in [1.29, 1.82) is 0 Å². The van der Waals surface area contributed by atoms with Crippen LogP contribution in [0.4, 0.5) is 5.69 Å². The fraction of sp³-hybridized carbons (Fsp3) is 0. The molecule has 0 aliphatic rings. The average Bonchev–Trinajstić information content (AvgIpc) is 2.88. The van der Waals surface area contributed by atoms with Crippen LogP contribution in [0.2, 0.25) is 0 Å². The first-order chi connectivity index (χ1) is 8.25. The summed E-state index contributed by atoms with van der Waals surface area (Å²) in [5.74, 6) is 0. The van der Waals surface area contributed by atoms with Gasteiger partial charge in [0.15, 0.2) is 0 Å². The summed E-state index contributed by atoms with van der Waals surface area (Å²) in [5.41, 5.74) is 2.80. The van der Waals surface area contributed by atoms with Crippen LogP contribution in [0.3, 0.4) is 0 Å². The van der Waals surface area contributed by atoms with Gasteiger partial charge in [0.25, 0.3) is 5.69 Å². The van der Waals surface area contributed by atoms with Gasteiger partial charge in [0.05, 0.1) is 22.4 Å². The summed E-state index contributed by atoms with van der Waals surface area (Å²) < 4.78 is 1.61. The molecule has 0 spiro atoms. The molecule has 0 saturated heterocycles. The Morgan fingerprint density at radius 3 is 2.94 bits per heavy atom. The fourth-order valence-electron chi connectivity index (χ4n) is 1.62. The summed E-state index contributed by atoms with van der Waals surface area (Å²) in [6.07, 6.45) is 1.69. The van der Waals surface area contributed by atoms with E-state index in [1.165, 1.54) is 17.4 Å². The van der Waals surface area contributed by atoms with Crippen molar-refractivity contribution in [3.8, 4) is 11.3 Å². The molecule has 0 bridgehead atoms. The third-order valence-electron chi connectivity index (χ3n) is 2.36. The predicted octanol–water partition coefficient (Wildman–Crippen LogP) is 2.37. The zero-order valence-electron chi connectivity index (χ0n) is 8.48. The Balaban J connectivity index is 2.21. The lowest BCUT2D eigenvalue weighted by molar-refractivity contribution is -0.384. The molecule has 0 N–H and O–H groups in total. The Hall–Kier alpha value is -2.28. The maximum absolute atomic E-state index is 10.9. The van der Waals surface area contributed by atoms with Crippen molar-refractivity contribution in [3.05, 3.63) is 46.1 Å². The third kappa shape index (κ3) is 1.56. The molecule has 2 heterocycles. The zero-order chi connectivity index (χ0) is 11.8. The minimum atomic E-state index is -0.407. The zero-order valence-corrected chi connectivity index (χ0v) is 9.29. The Morgan fingerprint density at radius 2 is 2.18 bits per heavy atom. The minimum Gasteiger partial charge on any atom is -0.258 e. The fourth-order valence-corrected chi connectivity index (χ4v) is 2.22. The molecule has 0 saturated carbocycles. The highest BCUT2D eigenvalue weighted by Gasteiger charge is 2.17. The predicted molar refractivity (Wildman–Crippen MR) is 63.0 cm³/mol. The van der Waals surface area contributed by atoms with Crippen LogP contribution in [0.5, 0.6) is 0 Å². The number of hydrogen-bond donors (Lipinski definition) is 0. The summed E-state index contributed by atoms with van der Waals surface area (Å²) in [6.45, 7) is 0. The smallest absolute Gasteiger partial charge is 0.258 e.